The van der Waals surface area contributed by atoms with Crippen LogP contribution in [0.3, 0.4) is 0 Å². The molecule has 0 aliphatic carbocycles. The van der Waals surface area contributed by atoms with E-state index in [0.29, 0.717) is 15.7 Å². The van der Waals surface area contributed by atoms with Crippen LogP contribution in [0.2, 0.25) is 10.0 Å². The number of nitrogens with one attached hydrogen (secondary N) is 1. The number of anilines is 1. The highest BCUT2D eigenvalue weighted by molar-refractivity contribution is 7.91. The molecule has 94 valence electrons. The molecule has 0 saturated carbocycles. The molecule has 2 atom stereocenters. The van der Waals surface area contributed by atoms with Crippen LogP contribution in [0.25, 0.3) is 0 Å². The fourth-order valence-electron chi connectivity index (χ4n) is 1.77. The molecule has 0 radical (unpaired) electrons. The quantitative estimate of drug-likeness (QED) is 0.869. The Balaban J connectivity index is 2.17. The van der Waals surface area contributed by atoms with Gasteiger partial charge in [0.05, 0.1) is 34.4 Å². The predicted octanol–water partition coefficient (Wildman–Crippen LogP) is 1.56. The molecule has 0 unspecified atom stereocenters. The highest BCUT2D eigenvalue weighted by Crippen LogP contribution is 2.27. The van der Waals surface area contributed by atoms with Crippen LogP contribution in [-0.4, -0.2) is 37.2 Å². The van der Waals surface area contributed by atoms with Crippen LogP contribution in [-0.2, 0) is 9.84 Å². The fourth-order valence-corrected chi connectivity index (χ4v) is 3.98. The van der Waals surface area contributed by atoms with Crippen molar-refractivity contribution in [3.63, 3.8) is 0 Å². The van der Waals surface area contributed by atoms with Crippen molar-refractivity contribution < 1.29 is 13.5 Å². The summed E-state index contributed by atoms with van der Waals surface area (Å²) < 4.78 is 22.7. The summed E-state index contributed by atoms with van der Waals surface area (Å²) in [5.41, 5.74) is 0.567. The van der Waals surface area contributed by atoms with Crippen molar-refractivity contribution in [1.29, 1.82) is 0 Å². The number of aliphatic hydroxyl groups excluding tert-OH is 1. The van der Waals surface area contributed by atoms with Crippen LogP contribution in [0, 0.1) is 0 Å². The van der Waals surface area contributed by atoms with E-state index in [4.69, 9.17) is 23.2 Å². The minimum absolute atomic E-state index is 0.0902. The fraction of sp³-hybridized carbons (Fsp3) is 0.400. The normalized spacial score (nSPS) is 27.0. The Kier molecular flexibility index (Phi) is 3.54. The van der Waals surface area contributed by atoms with Crippen LogP contribution in [0.4, 0.5) is 5.69 Å². The van der Waals surface area contributed by atoms with Crippen molar-refractivity contribution in [2.45, 2.75) is 12.1 Å². The van der Waals surface area contributed by atoms with E-state index in [1.54, 1.807) is 18.2 Å². The Bertz CT molecular complexity index is 532. The lowest BCUT2D eigenvalue weighted by Gasteiger charge is -2.17. The average Bonchev–Trinajstić information content (AvgIpc) is 2.44. The molecule has 1 aromatic rings. The highest BCUT2D eigenvalue weighted by atomic mass is 35.5. The number of halogens is 2. The zero-order valence-electron chi connectivity index (χ0n) is 8.73. The van der Waals surface area contributed by atoms with Crippen molar-refractivity contribution in [3.8, 4) is 0 Å². The molecule has 1 aromatic carbocycles. The largest absolute Gasteiger partial charge is 0.390 e. The number of hydrogen-bond donors (Lipinski definition) is 2. The molecular weight excluding hydrogens is 285 g/mol. The molecule has 17 heavy (non-hydrogen) atoms. The lowest BCUT2D eigenvalue weighted by Crippen LogP contribution is -2.31. The second-order valence-corrected chi connectivity index (χ2v) is 7.02. The smallest absolute Gasteiger partial charge is 0.155 e. The van der Waals surface area contributed by atoms with Crippen LogP contribution in [0.1, 0.15) is 0 Å². The van der Waals surface area contributed by atoms with Gasteiger partial charge >= 0.3 is 0 Å². The minimum Gasteiger partial charge on any atom is -0.390 e. The molecule has 1 fully saturated rings. The molecule has 1 heterocycles. The van der Waals surface area contributed by atoms with E-state index in [9.17, 15) is 13.5 Å². The number of sulfone groups is 1. The predicted molar refractivity (Wildman–Crippen MR) is 68.5 cm³/mol. The molecule has 0 aromatic heterocycles. The summed E-state index contributed by atoms with van der Waals surface area (Å²) in [6.07, 6.45) is -0.910. The van der Waals surface area contributed by atoms with Gasteiger partial charge in [0.15, 0.2) is 9.84 Å². The SMILES string of the molecule is O=S1(=O)C[C@@H](O)[C@H](Nc2ccc(Cl)cc2Cl)C1. The van der Waals surface area contributed by atoms with E-state index in [-0.39, 0.29) is 11.5 Å². The molecule has 2 rings (SSSR count). The Morgan fingerprint density at radius 3 is 2.53 bits per heavy atom. The van der Waals surface area contributed by atoms with E-state index >= 15 is 0 Å². The second kappa shape index (κ2) is 4.65. The Hall–Kier alpha value is -0.490. The van der Waals surface area contributed by atoms with Gasteiger partial charge in [0.25, 0.3) is 0 Å². The number of benzene rings is 1. The Morgan fingerprint density at radius 2 is 2.00 bits per heavy atom. The summed E-state index contributed by atoms with van der Waals surface area (Å²) in [6, 6.07) is 4.33. The summed E-state index contributed by atoms with van der Waals surface area (Å²) in [6.45, 7) is 0. The van der Waals surface area contributed by atoms with E-state index in [1.165, 1.54) is 0 Å². The molecule has 1 aliphatic heterocycles. The first-order valence-electron chi connectivity index (χ1n) is 4.97. The van der Waals surface area contributed by atoms with Gasteiger partial charge in [0.2, 0.25) is 0 Å². The van der Waals surface area contributed by atoms with E-state index in [0.717, 1.165) is 0 Å². The zero-order valence-corrected chi connectivity index (χ0v) is 11.1. The minimum atomic E-state index is -3.17. The third-order valence-corrected chi connectivity index (χ3v) is 4.86. The molecular formula is C10H11Cl2NO3S. The third kappa shape index (κ3) is 3.04. The molecule has 7 heteroatoms. The van der Waals surface area contributed by atoms with Crippen molar-refractivity contribution in [3.05, 3.63) is 28.2 Å². The molecule has 0 bridgehead atoms. The number of aliphatic hydroxyl groups is 1. The maximum Gasteiger partial charge on any atom is 0.155 e. The highest BCUT2D eigenvalue weighted by Gasteiger charge is 2.36. The summed E-state index contributed by atoms with van der Waals surface area (Å²) >= 11 is 11.7. The first kappa shape index (κ1) is 13.0. The van der Waals surface area contributed by atoms with Gasteiger partial charge in [-0.3, -0.25) is 0 Å². The van der Waals surface area contributed by atoms with Crippen LogP contribution < -0.4 is 5.32 Å². The second-order valence-electron chi connectivity index (χ2n) is 4.02. The molecule has 0 amide bonds. The third-order valence-electron chi connectivity index (χ3n) is 2.59. The summed E-state index contributed by atoms with van der Waals surface area (Å²) in [4.78, 5) is 0. The maximum atomic E-state index is 11.3. The van der Waals surface area contributed by atoms with E-state index in [2.05, 4.69) is 5.32 Å². The molecule has 4 nitrogen and oxygen atoms in total. The summed E-state index contributed by atoms with van der Waals surface area (Å²) in [7, 11) is -3.17. The number of hydrogen-bond acceptors (Lipinski definition) is 4. The molecule has 0 spiro atoms. The van der Waals surface area contributed by atoms with E-state index < -0.39 is 22.0 Å². The first-order valence-corrected chi connectivity index (χ1v) is 7.55. The van der Waals surface area contributed by atoms with Gasteiger partial charge in [0.1, 0.15) is 0 Å². The first-order chi connectivity index (χ1) is 7.87. The lowest BCUT2D eigenvalue weighted by molar-refractivity contribution is 0.190. The van der Waals surface area contributed by atoms with Gasteiger partial charge in [-0.2, -0.15) is 0 Å². The van der Waals surface area contributed by atoms with Gasteiger partial charge < -0.3 is 10.4 Å². The monoisotopic (exact) mass is 295 g/mol. The molecule has 1 aliphatic rings. The standard InChI is InChI=1S/C10H11Cl2NO3S/c11-6-1-2-8(7(12)3-6)13-9-4-17(15,16)5-10(9)14/h1-3,9-10,13-14H,4-5H2/t9-,10-/m1/s1. The molecule has 1 saturated heterocycles. The average molecular weight is 296 g/mol. The van der Waals surface area contributed by atoms with Crippen molar-refractivity contribution in [1.82, 2.24) is 0 Å². The summed E-state index contributed by atoms with van der Waals surface area (Å²) in [5, 5.41) is 13.4. The Morgan fingerprint density at radius 1 is 1.29 bits per heavy atom. The zero-order chi connectivity index (χ0) is 12.6. The van der Waals surface area contributed by atoms with Gasteiger partial charge in [-0.15, -0.1) is 0 Å². The van der Waals surface area contributed by atoms with Crippen LogP contribution in [0.15, 0.2) is 18.2 Å². The van der Waals surface area contributed by atoms with Gasteiger partial charge in [-0.05, 0) is 18.2 Å². The van der Waals surface area contributed by atoms with Gasteiger partial charge in [0, 0.05) is 5.02 Å². The Labute approximate surface area is 109 Å². The number of rotatable bonds is 2. The summed E-state index contributed by atoms with van der Waals surface area (Å²) in [5.74, 6) is -0.303. The van der Waals surface area contributed by atoms with Crippen LogP contribution in [0.5, 0.6) is 0 Å². The maximum absolute atomic E-state index is 11.3. The van der Waals surface area contributed by atoms with Crippen molar-refractivity contribution in [2.75, 3.05) is 16.8 Å². The molecule has 2 N–H and O–H groups in total. The van der Waals surface area contributed by atoms with Crippen LogP contribution >= 0.6 is 23.2 Å². The topological polar surface area (TPSA) is 66.4 Å². The van der Waals surface area contributed by atoms with Gasteiger partial charge in [-0.1, -0.05) is 23.2 Å². The van der Waals surface area contributed by atoms with Gasteiger partial charge in [-0.25, -0.2) is 8.42 Å². The lowest BCUT2D eigenvalue weighted by atomic mass is 10.2. The van der Waals surface area contributed by atoms with Crippen molar-refractivity contribution in [2.24, 2.45) is 0 Å². The van der Waals surface area contributed by atoms with Crippen molar-refractivity contribution >= 4 is 38.7 Å². The van der Waals surface area contributed by atoms with E-state index in [1.807, 2.05) is 0 Å².